The number of hydrogen-bond acceptors (Lipinski definition) is 8. The van der Waals surface area contributed by atoms with E-state index in [1.54, 1.807) is 18.2 Å². The molecule has 0 unspecified atom stereocenters. The molecule has 14 heteroatoms. The number of hydrogen-bond donors (Lipinski definition) is 2. The Hall–Kier alpha value is -1.60. The summed E-state index contributed by atoms with van der Waals surface area (Å²) in [6.07, 6.45) is 0. The second kappa shape index (κ2) is 28.9. The van der Waals surface area contributed by atoms with Gasteiger partial charge in [-0.05, 0) is 53.1 Å². The molecule has 5 rings (SSSR count). The predicted octanol–water partition coefficient (Wildman–Crippen LogP) is 2.16. The van der Waals surface area contributed by atoms with Gasteiger partial charge >= 0.3 is 115 Å². The first kappa shape index (κ1) is 48.4. The number of alkyl halides is 1. The number of phenolic OH excluding ortho intramolecular Hbond substituents is 1. The molecule has 252 valence electrons. The van der Waals surface area contributed by atoms with Crippen molar-refractivity contribution < 1.29 is 148 Å². The second-order valence-electron chi connectivity index (χ2n) is 9.26. The molecule has 5 aromatic rings. The van der Waals surface area contributed by atoms with Crippen LogP contribution in [0, 0.1) is 0 Å². The number of benzene rings is 5. The Balaban J connectivity index is 0. The molecule has 0 aliphatic carbocycles. The summed E-state index contributed by atoms with van der Waals surface area (Å²) in [5.41, 5.74) is 3.63. The Labute approximate surface area is 395 Å². The number of halogens is 3. The number of ether oxygens (including phenoxy) is 2. The van der Waals surface area contributed by atoms with Crippen LogP contribution in [0.25, 0.3) is 0 Å². The van der Waals surface area contributed by atoms with Crippen LogP contribution in [0.5, 0.6) is 11.5 Å². The Morgan fingerprint density at radius 3 is 1.60 bits per heavy atom. The number of carboxylic acids is 1. The van der Waals surface area contributed by atoms with Crippen LogP contribution in [0.4, 0.5) is 0 Å². The van der Waals surface area contributed by atoms with Gasteiger partial charge in [-0.15, -0.1) is 0 Å². The smallest absolute Gasteiger partial charge is 1.00 e. The van der Waals surface area contributed by atoms with Crippen LogP contribution >= 0.6 is 39.1 Å². The monoisotopic (exact) mass is 834 g/mol. The zero-order valence-corrected chi connectivity index (χ0v) is 36.6. The van der Waals surface area contributed by atoms with E-state index in [0.29, 0.717) is 22.9 Å². The molecule has 5 aromatic carbocycles. The van der Waals surface area contributed by atoms with Crippen molar-refractivity contribution in [3.05, 3.63) is 165 Å². The van der Waals surface area contributed by atoms with Crippen LogP contribution in [0.3, 0.4) is 0 Å². The minimum absolute atomic E-state index is 0. The number of rotatable bonds is 9. The molecule has 0 bridgehead atoms. The summed E-state index contributed by atoms with van der Waals surface area (Å²) in [5.74, 6) is -0.994. The normalized spacial score (nSPS) is 9.12. The second-order valence-corrected chi connectivity index (χ2v) is 10.6. The summed E-state index contributed by atoms with van der Waals surface area (Å²) in [5, 5.41) is 27.1. The molecule has 0 saturated heterocycles. The molecule has 0 spiro atoms. The maximum Gasteiger partial charge on any atom is 1.00 e. The van der Waals surface area contributed by atoms with Gasteiger partial charge in [0, 0.05) is 5.33 Å². The predicted molar refractivity (Wildman–Crippen MR) is 185 cm³/mol. The van der Waals surface area contributed by atoms with Crippen molar-refractivity contribution >= 4 is 57.5 Å². The summed E-state index contributed by atoms with van der Waals surface area (Å²) in [6, 6.07) is 38.3. The van der Waals surface area contributed by atoms with Gasteiger partial charge in [0.15, 0.2) is 0 Å². The van der Waals surface area contributed by atoms with Crippen LogP contribution < -0.4 is 113 Å². The van der Waals surface area contributed by atoms with E-state index in [1.165, 1.54) is 23.8 Å². The van der Waals surface area contributed by atoms with E-state index in [-0.39, 0.29) is 134 Å². The topological polar surface area (TPSA) is 142 Å². The van der Waals surface area contributed by atoms with Crippen LogP contribution in [0.1, 0.15) is 38.8 Å². The van der Waals surface area contributed by atoms with Gasteiger partial charge in [-0.2, -0.15) is 0 Å². The Kier molecular flexibility index (Phi) is 28.0. The van der Waals surface area contributed by atoms with Crippen molar-refractivity contribution in [1.29, 1.82) is 0 Å². The number of phenols is 1. The van der Waals surface area contributed by atoms with Gasteiger partial charge in [-0.1, -0.05) is 130 Å². The van der Waals surface area contributed by atoms with E-state index in [1.807, 2.05) is 78.9 Å². The first-order valence-corrected chi connectivity index (χ1v) is 15.8. The molecule has 50 heavy (non-hydrogen) atoms. The fourth-order valence-electron chi connectivity index (χ4n) is 3.54. The van der Waals surface area contributed by atoms with Crippen molar-refractivity contribution in [2.24, 2.45) is 0 Å². The van der Waals surface area contributed by atoms with Gasteiger partial charge in [0.05, 0.1) is 21.2 Å². The van der Waals surface area contributed by atoms with Crippen molar-refractivity contribution in [2.75, 3.05) is 0 Å². The van der Waals surface area contributed by atoms with Gasteiger partial charge in [0.2, 0.25) is 0 Å². The molecular formula is C36H31BrCl2K2O9. The molecular weight excluding hydrogens is 805 g/mol. The molecule has 0 saturated carbocycles. The van der Waals surface area contributed by atoms with Crippen molar-refractivity contribution in [1.82, 2.24) is 0 Å². The van der Waals surface area contributed by atoms with Crippen LogP contribution in [-0.2, 0) is 33.0 Å². The third-order valence-electron chi connectivity index (χ3n) is 5.84. The van der Waals surface area contributed by atoms with Gasteiger partial charge in [0.25, 0.3) is 6.47 Å². The van der Waals surface area contributed by atoms with Crippen molar-refractivity contribution in [2.45, 2.75) is 18.5 Å². The third-order valence-corrected chi connectivity index (χ3v) is 7.11. The third kappa shape index (κ3) is 19.9. The summed E-state index contributed by atoms with van der Waals surface area (Å²) in [7, 11) is 0. The van der Waals surface area contributed by atoms with Crippen LogP contribution in [-0.4, -0.2) is 28.6 Å². The minimum Gasteiger partial charge on any atom is -1.00 e. The molecule has 0 aliphatic heterocycles. The van der Waals surface area contributed by atoms with Crippen LogP contribution in [0.2, 0.25) is 10.0 Å². The first-order chi connectivity index (χ1) is 23.2. The number of esters is 1. The van der Waals surface area contributed by atoms with E-state index in [0.717, 1.165) is 16.5 Å². The molecule has 9 nitrogen and oxygen atoms in total. The Morgan fingerprint density at radius 1 is 0.720 bits per heavy atom. The minimum atomic E-state index is -1.10. The molecule has 0 aliphatic rings. The van der Waals surface area contributed by atoms with E-state index >= 15 is 0 Å². The van der Waals surface area contributed by atoms with Gasteiger partial charge in [0.1, 0.15) is 24.7 Å². The van der Waals surface area contributed by atoms with Crippen molar-refractivity contribution in [3.63, 3.8) is 0 Å². The van der Waals surface area contributed by atoms with Gasteiger partial charge < -0.3 is 31.3 Å². The first-order valence-electron chi connectivity index (χ1n) is 13.9. The maximum absolute atomic E-state index is 12.2. The SMILES string of the molecule is BrCc1ccccc1.O=C(O)c1ccc(O)cc1Cl.O=C(OCc1ccccc1)c1ccc(OCc2ccccc2)cc1Cl.O=CO[O-].[H-].[K+].[K+]. The fourth-order valence-corrected chi connectivity index (χ4v) is 4.41. The van der Waals surface area contributed by atoms with Crippen molar-refractivity contribution in [3.8, 4) is 11.5 Å². The molecule has 0 radical (unpaired) electrons. The molecule has 0 amide bonds. The number of aromatic hydroxyl groups is 1. The zero-order valence-electron chi connectivity index (χ0n) is 28.2. The summed E-state index contributed by atoms with van der Waals surface area (Å²) in [6.45, 7) is 0.469. The quantitative estimate of drug-likeness (QED) is 0.0571. The molecule has 0 heterocycles. The standard InChI is InChI=1S/C21H17ClO3.C7H7Br.C7H5ClO3.CH2O3.2K.H/c22-20-13-18(24-14-16-7-3-1-4-8-16)11-12-19(20)21(23)25-15-17-9-5-2-6-10-17;8-6-7-4-2-1-3-5-7;8-6-3-4(9)1-2-5(6)7(10)11;2-1-4-3;;;/h1-13H,14-15H2;1-5H,6H2;1-3,9H,(H,10,11);1,3H;;;/q;;;;2*+1;-1/p-1. The average molecular weight is 837 g/mol. The largest absolute Gasteiger partial charge is 1.00 e. The Morgan fingerprint density at radius 2 is 1.18 bits per heavy atom. The van der Waals surface area contributed by atoms with Gasteiger partial charge in [-0.3, -0.25) is 4.79 Å². The van der Waals surface area contributed by atoms with E-state index in [9.17, 15) is 9.59 Å². The zero-order chi connectivity index (χ0) is 35.1. The maximum atomic E-state index is 12.2. The average Bonchev–Trinajstić information content (AvgIpc) is 3.11. The molecule has 0 atom stereocenters. The van der Waals surface area contributed by atoms with Crippen LogP contribution in [0.15, 0.2) is 127 Å². The number of carboxylic acid groups (broad SMARTS) is 1. The molecule has 2 N–H and O–H groups in total. The van der Waals surface area contributed by atoms with E-state index in [2.05, 4.69) is 33.0 Å². The fraction of sp³-hybridized carbons (Fsp3) is 0.0833. The molecule has 0 aromatic heterocycles. The number of carbonyl (C=O) groups is 3. The summed E-state index contributed by atoms with van der Waals surface area (Å²) >= 11 is 15.0. The van der Waals surface area contributed by atoms with E-state index < -0.39 is 11.9 Å². The van der Waals surface area contributed by atoms with Gasteiger partial charge in [-0.25, -0.2) is 9.59 Å². The van der Waals surface area contributed by atoms with E-state index in [4.69, 9.17) is 52.9 Å². The summed E-state index contributed by atoms with van der Waals surface area (Å²) in [4.78, 5) is 33.8. The number of carbonyl (C=O) groups excluding carboxylic acids is 2. The Bertz CT molecular complexity index is 1710. The summed E-state index contributed by atoms with van der Waals surface area (Å²) < 4.78 is 11.0. The number of aromatic carboxylic acids is 1. The molecule has 0 fully saturated rings.